The number of pyridine rings is 1. The number of rotatable bonds is 7. The van der Waals surface area contributed by atoms with Crippen LogP contribution in [0.2, 0.25) is 0 Å². The normalized spacial score (nSPS) is 11.9. The van der Waals surface area contributed by atoms with Crippen molar-refractivity contribution in [1.82, 2.24) is 15.2 Å². The molecule has 0 saturated carbocycles. The summed E-state index contributed by atoms with van der Waals surface area (Å²) in [5.74, 6) is 0. The minimum absolute atomic E-state index is 0.0884. The van der Waals surface area contributed by atoms with Crippen molar-refractivity contribution in [3.8, 4) is 0 Å². The highest BCUT2D eigenvalue weighted by Crippen LogP contribution is 2.14. The minimum atomic E-state index is -0.0956. The molecule has 0 fully saturated rings. The number of aromatic nitrogens is 1. The number of methoxy groups -OCH3 is 1. The summed E-state index contributed by atoms with van der Waals surface area (Å²) in [6.45, 7) is 3.61. The number of ether oxygens (including phenoxy) is 1. The molecule has 22 heavy (non-hydrogen) atoms. The summed E-state index contributed by atoms with van der Waals surface area (Å²) in [7, 11) is 1.64. The summed E-state index contributed by atoms with van der Waals surface area (Å²) >= 11 is 1.64. The molecular formula is C16H21N3O2S. The number of nitrogens with zero attached hydrogens (tertiary/aromatic N) is 2. The molecule has 2 aromatic heterocycles. The van der Waals surface area contributed by atoms with Gasteiger partial charge >= 0.3 is 6.03 Å². The Morgan fingerprint density at radius 3 is 2.95 bits per heavy atom. The Labute approximate surface area is 134 Å². The summed E-state index contributed by atoms with van der Waals surface area (Å²) < 4.78 is 5.10. The van der Waals surface area contributed by atoms with Crippen LogP contribution in [0.5, 0.6) is 0 Å². The number of thiophene rings is 1. The Bertz CT molecular complexity index is 560. The zero-order chi connectivity index (χ0) is 15.8. The van der Waals surface area contributed by atoms with Gasteiger partial charge in [-0.25, -0.2) is 4.79 Å². The first-order chi connectivity index (χ1) is 10.7. The Kier molecular flexibility index (Phi) is 6.36. The van der Waals surface area contributed by atoms with Crippen molar-refractivity contribution in [1.29, 1.82) is 0 Å². The van der Waals surface area contributed by atoms with Crippen LogP contribution in [0, 0.1) is 0 Å². The van der Waals surface area contributed by atoms with Crippen LogP contribution in [0.4, 0.5) is 4.79 Å². The zero-order valence-electron chi connectivity index (χ0n) is 12.9. The summed E-state index contributed by atoms with van der Waals surface area (Å²) in [6.07, 6.45) is 3.49. The van der Waals surface area contributed by atoms with Crippen LogP contribution < -0.4 is 5.32 Å². The molecule has 2 aromatic rings. The van der Waals surface area contributed by atoms with Gasteiger partial charge in [0.25, 0.3) is 0 Å². The summed E-state index contributed by atoms with van der Waals surface area (Å²) in [6, 6.07) is 7.66. The van der Waals surface area contributed by atoms with E-state index < -0.39 is 0 Å². The third kappa shape index (κ3) is 4.82. The topological polar surface area (TPSA) is 54.5 Å². The summed E-state index contributed by atoms with van der Waals surface area (Å²) in [5, 5.41) is 5.03. The van der Waals surface area contributed by atoms with E-state index in [-0.39, 0.29) is 12.1 Å². The van der Waals surface area contributed by atoms with Crippen LogP contribution in [0.25, 0.3) is 0 Å². The number of nitrogens with one attached hydrogen (secondary N) is 1. The molecule has 2 rings (SSSR count). The van der Waals surface area contributed by atoms with Crippen LogP contribution in [-0.2, 0) is 11.3 Å². The molecule has 1 atom stereocenters. The second-order valence-corrected chi connectivity index (χ2v) is 5.98. The number of hydrogen-bond donors (Lipinski definition) is 1. The SMILES string of the molecule is COCCN(Cc1cccs1)C(=O)N[C@H](C)c1cccnc1. The van der Waals surface area contributed by atoms with Crippen molar-refractivity contribution in [3.63, 3.8) is 0 Å². The largest absolute Gasteiger partial charge is 0.383 e. The van der Waals surface area contributed by atoms with Gasteiger partial charge in [0.2, 0.25) is 0 Å². The molecule has 2 heterocycles. The number of carbonyl (C=O) groups is 1. The predicted molar refractivity (Wildman–Crippen MR) is 87.8 cm³/mol. The fourth-order valence-electron chi connectivity index (χ4n) is 2.04. The van der Waals surface area contributed by atoms with Gasteiger partial charge in [-0.15, -0.1) is 11.3 Å². The molecule has 0 saturated heterocycles. The Balaban J connectivity index is 1.98. The zero-order valence-corrected chi connectivity index (χ0v) is 13.7. The maximum absolute atomic E-state index is 12.5. The minimum Gasteiger partial charge on any atom is -0.383 e. The van der Waals surface area contributed by atoms with Gasteiger partial charge in [-0.3, -0.25) is 4.98 Å². The second kappa shape index (κ2) is 8.51. The van der Waals surface area contributed by atoms with E-state index in [4.69, 9.17) is 4.74 Å². The maximum Gasteiger partial charge on any atom is 0.318 e. The quantitative estimate of drug-likeness (QED) is 0.853. The lowest BCUT2D eigenvalue weighted by Crippen LogP contribution is -2.42. The third-order valence-corrected chi connectivity index (χ3v) is 4.16. The molecule has 0 unspecified atom stereocenters. The van der Waals surface area contributed by atoms with Crippen molar-refractivity contribution in [3.05, 3.63) is 52.5 Å². The fraction of sp³-hybridized carbons (Fsp3) is 0.375. The average Bonchev–Trinajstić information content (AvgIpc) is 3.05. The molecule has 0 aliphatic carbocycles. The van der Waals surface area contributed by atoms with Crippen molar-refractivity contribution in [2.75, 3.05) is 20.3 Å². The standard InChI is InChI=1S/C16H21N3O2S/c1-13(14-5-3-7-17-11-14)18-16(20)19(8-9-21-2)12-15-6-4-10-22-15/h3-7,10-11,13H,8-9,12H2,1-2H3,(H,18,20)/t13-/m1/s1. The van der Waals surface area contributed by atoms with E-state index in [0.717, 1.165) is 10.4 Å². The average molecular weight is 319 g/mol. The molecule has 1 N–H and O–H groups in total. The van der Waals surface area contributed by atoms with Crippen LogP contribution in [0.15, 0.2) is 42.0 Å². The van der Waals surface area contributed by atoms with Gasteiger partial charge in [-0.05, 0) is 30.0 Å². The molecular weight excluding hydrogens is 298 g/mol. The second-order valence-electron chi connectivity index (χ2n) is 4.95. The van der Waals surface area contributed by atoms with E-state index in [1.54, 1.807) is 35.7 Å². The first kappa shape index (κ1) is 16.5. The Morgan fingerprint density at radius 2 is 2.32 bits per heavy atom. The molecule has 0 aliphatic rings. The van der Waals surface area contributed by atoms with Crippen LogP contribution in [-0.4, -0.2) is 36.2 Å². The van der Waals surface area contributed by atoms with E-state index >= 15 is 0 Å². The molecule has 0 aliphatic heterocycles. The first-order valence-corrected chi connectivity index (χ1v) is 8.05. The van der Waals surface area contributed by atoms with E-state index in [0.29, 0.717) is 19.7 Å². The Morgan fingerprint density at radius 1 is 1.45 bits per heavy atom. The molecule has 2 amide bonds. The smallest absolute Gasteiger partial charge is 0.318 e. The van der Waals surface area contributed by atoms with Crippen LogP contribution in [0.3, 0.4) is 0 Å². The fourth-order valence-corrected chi connectivity index (χ4v) is 2.76. The molecule has 0 spiro atoms. The monoisotopic (exact) mass is 319 g/mol. The first-order valence-electron chi connectivity index (χ1n) is 7.17. The van der Waals surface area contributed by atoms with Gasteiger partial charge < -0.3 is 15.0 Å². The number of hydrogen-bond acceptors (Lipinski definition) is 4. The number of amides is 2. The van der Waals surface area contributed by atoms with Crippen molar-refractivity contribution < 1.29 is 9.53 Å². The molecule has 0 radical (unpaired) electrons. The lowest BCUT2D eigenvalue weighted by Gasteiger charge is -2.24. The lowest BCUT2D eigenvalue weighted by molar-refractivity contribution is 0.145. The van der Waals surface area contributed by atoms with Crippen LogP contribution >= 0.6 is 11.3 Å². The molecule has 118 valence electrons. The maximum atomic E-state index is 12.5. The van der Waals surface area contributed by atoms with Crippen molar-refractivity contribution in [2.45, 2.75) is 19.5 Å². The third-order valence-electron chi connectivity index (χ3n) is 3.30. The Hall–Kier alpha value is -1.92. The molecule has 5 nitrogen and oxygen atoms in total. The van der Waals surface area contributed by atoms with Crippen molar-refractivity contribution in [2.24, 2.45) is 0 Å². The highest BCUT2D eigenvalue weighted by atomic mass is 32.1. The number of carbonyl (C=O) groups excluding carboxylic acids is 1. The summed E-state index contributed by atoms with van der Waals surface area (Å²) in [5.41, 5.74) is 0.985. The van der Waals surface area contributed by atoms with E-state index in [9.17, 15) is 4.79 Å². The molecule has 0 bridgehead atoms. The van der Waals surface area contributed by atoms with Crippen LogP contribution in [0.1, 0.15) is 23.4 Å². The summed E-state index contributed by atoms with van der Waals surface area (Å²) in [4.78, 5) is 19.5. The van der Waals surface area contributed by atoms with E-state index in [1.165, 1.54) is 0 Å². The lowest BCUT2D eigenvalue weighted by atomic mass is 10.1. The van der Waals surface area contributed by atoms with Gasteiger partial charge in [-0.2, -0.15) is 0 Å². The van der Waals surface area contributed by atoms with Gasteiger partial charge in [0, 0.05) is 30.9 Å². The molecule has 6 heteroatoms. The van der Waals surface area contributed by atoms with Gasteiger partial charge in [0.05, 0.1) is 19.2 Å². The van der Waals surface area contributed by atoms with Gasteiger partial charge in [-0.1, -0.05) is 12.1 Å². The highest BCUT2D eigenvalue weighted by molar-refractivity contribution is 7.09. The van der Waals surface area contributed by atoms with Crippen molar-refractivity contribution >= 4 is 17.4 Å². The van der Waals surface area contributed by atoms with Gasteiger partial charge in [0.15, 0.2) is 0 Å². The highest BCUT2D eigenvalue weighted by Gasteiger charge is 2.17. The van der Waals surface area contributed by atoms with E-state index in [1.807, 2.05) is 36.6 Å². The molecule has 0 aromatic carbocycles. The predicted octanol–water partition coefficient (Wildman–Crippen LogP) is 3.06. The van der Waals surface area contributed by atoms with Gasteiger partial charge in [0.1, 0.15) is 0 Å². The number of urea groups is 1. The van der Waals surface area contributed by atoms with E-state index in [2.05, 4.69) is 10.3 Å².